The molecule has 1 fully saturated rings. The Kier molecular flexibility index (Phi) is 4.76. The monoisotopic (exact) mass is 302 g/mol. The van der Waals surface area contributed by atoms with Crippen LogP contribution >= 0.6 is 0 Å². The van der Waals surface area contributed by atoms with Gasteiger partial charge in [-0.05, 0) is 6.42 Å². The minimum Gasteiger partial charge on any atom is -0.373 e. The number of rotatable bonds is 3. The molecule has 0 aromatic carbocycles. The van der Waals surface area contributed by atoms with Gasteiger partial charge >= 0.3 is 6.03 Å². The van der Waals surface area contributed by atoms with Crippen LogP contribution in [0.15, 0.2) is 6.20 Å². The third kappa shape index (κ3) is 4.13. The smallest absolute Gasteiger partial charge is 0.317 e. The maximum atomic E-state index is 13.4. The number of hydrogen-bond acceptors (Lipinski definition) is 3. The van der Waals surface area contributed by atoms with Crippen LogP contribution in [0.25, 0.3) is 0 Å². The van der Waals surface area contributed by atoms with Gasteiger partial charge in [-0.1, -0.05) is 6.92 Å². The number of carbonyl (C=O) groups excluding carboxylic acids is 1. The Morgan fingerprint density at radius 1 is 1.57 bits per heavy atom. The van der Waals surface area contributed by atoms with Crippen molar-refractivity contribution < 1.29 is 18.3 Å². The quantitative estimate of drug-likeness (QED) is 0.911. The normalized spacial score (nSPS) is 18.4. The lowest BCUT2D eigenvalue weighted by atomic mass is 10.2. The van der Waals surface area contributed by atoms with E-state index in [4.69, 9.17) is 4.74 Å². The highest BCUT2D eigenvalue weighted by molar-refractivity contribution is 5.74. The second-order valence-electron chi connectivity index (χ2n) is 5.12. The van der Waals surface area contributed by atoms with E-state index in [0.29, 0.717) is 0 Å². The van der Waals surface area contributed by atoms with E-state index in [1.165, 1.54) is 0 Å². The molecule has 2 amide bonds. The Labute approximate surface area is 122 Å². The van der Waals surface area contributed by atoms with Gasteiger partial charge in [-0.3, -0.25) is 4.68 Å². The Morgan fingerprint density at radius 3 is 3.05 bits per heavy atom. The number of nitrogens with zero attached hydrogens (tertiary/aromatic N) is 3. The van der Waals surface area contributed by atoms with Crippen molar-refractivity contribution in [3.05, 3.63) is 17.5 Å². The first-order valence-electron chi connectivity index (χ1n) is 6.91. The molecule has 1 saturated heterocycles. The first kappa shape index (κ1) is 15.7. The SMILES string of the molecule is CCc1nn(C)cc1CNC(=O)N1CCOCC(F)(F)C1. The molecule has 0 unspecified atom stereocenters. The molecule has 21 heavy (non-hydrogen) atoms. The molecule has 1 aliphatic heterocycles. The van der Waals surface area contributed by atoms with Crippen LogP contribution in [0.3, 0.4) is 0 Å². The number of nitrogens with one attached hydrogen (secondary N) is 1. The molecule has 2 rings (SSSR count). The number of aromatic nitrogens is 2. The van der Waals surface area contributed by atoms with Crippen LogP contribution in [0.5, 0.6) is 0 Å². The van der Waals surface area contributed by atoms with E-state index < -0.39 is 25.1 Å². The number of halogens is 2. The molecule has 8 heteroatoms. The van der Waals surface area contributed by atoms with Crippen molar-refractivity contribution in [2.45, 2.75) is 25.8 Å². The van der Waals surface area contributed by atoms with Crippen LogP contribution in [0.1, 0.15) is 18.2 Å². The van der Waals surface area contributed by atoms with E-state index in [1.807, 2.05) is 13.1 Å². The summed E-state index contributed by atoms with van der Waals surface area (Å²) in [6.07, 6.45) is 2.57. The predicted octanol–water partition coefficient (Wildman–Crippen LogP) is 1.16. The maximum absolute atomic E-state index is 13.4. The lowest BCUT2D eigenvalue weighted by Crippen LogP contribution is -2.45. The van der Waals surface area contributed by atoms with Crippen LogP contribution in [-0.2, 0) is 24.8 Å². The fraction of sp³-hybridized carbons (Fsp3) is 0.692. The molecule has 2 heterocycles. The predicted molar refractivity (Wildman–Crippen MR) is 72.2 cm³/mol. The average Bonchev–Trinajstić information content (AvgIpc) is 2.68. The van der Waals surface area contributed by atoms with Crippen molar-refractivity contribution in [3.8, 4) is 0 Å². The summed E-state index contributed by atoms with van der Waals surface area (Å²) in [6.45, 7) is 1.27. The molecule has 0 atom stereocenters. The van der Waals surface area contributed by atoms with E-state index in [9.17, 15) is 13.6 Å². The van der Waals surface area contributed by atoms with Gasteiger partial charge in [0.05, 0.1) is 18.8 Å². The number of hydrogen-bond donors (Lipinski definition) is 1. The van der Waals surface area contributed by atoms with Crippen LogP contribution in [0, 0.1) is 0 Å². The fourth-order valence-electron chi connectivity index (χ4n) is 2.29. The third-order valence-corrected chi connectivity index (χ3v) is 3.28. The van der Waals surface area contributed by atoms with E-state index in [1.54, 1.807) is 11.7 Å². The summed E-state index contributed by atoms with van der Waals surface area (Å²) >= 11 is 0. The summed E-state index contributed by atoms with van der Waals surface area (Å²) in [7, 11) is 1.80. The average molecular weight is 302 g/mol. The number of alkyl halides is 2. The highest BCUT2D eigenvalue weighted by Crippen LogP contribution is 2.18. The van der Waals surface area contributed by atoms with Gasteiger partial charge in [0.25, 0.3) is 5.92 Å². The zero-order chi connectivity index (χ0) is 15.5. The summed E-state index contributed by atoms with van der Waals surface area (Å²) < 4.78 is 33.3. The van der Waals surface area contributed by atoms with Crippen LogP contribution in [0.2, 0.25) is 0 Å². The summed E-state index contributed by atoms with van der Waals surface area (Å²) in [5.41, 5.74) is 1.79. The lowest BCUT2D eigenvalue weighted by Gasteiger charge is -2.23. The lowest BCUT2D eigenvalue weighted by molar-refractivity contribution is -0.0652. The van der Waals surface area contributed by atoms with Crippen molar-refractivity contribution in [2.24, 2.45) is 7.05 Å². The van der Waals surface area contributed by atoms with E-state index in [0.717, 1.165) is 22.6 Å². The molecule has 1 N–H and O–H groups in total. The zero-order valence-electron chi connectivity index (χ0n) is 12.2. The highest BCUT2D eigenvalue weighted by atomic mass is 19.3. The Morgan fingerprint density at radius 2 is 2.33 bits per heavy atom. The molecule has 0 spiro atoms. The molecule has 1 aromatic heterocycles. The van der Waals surface area contributed by atoms with E-state index in [-0.39, 0.29) is 19.7 Å². The minimum absolute atomic E-state index is 0.121. The van der Waals surface area contributed by atoms with Crippen LogP contribution in [0.4, 0.5) is 13.6 Å². The summed E-state index contributed by atoms with van der Waals surface area (Å²) in [6, 6.07) is -0.508. The number of urea groups is 1. The third-order valence-electron chi connectivity index (χ3n) is 3.28. The van der Waals surface area contributed by atoms with Gasteiger partial charge in [0.2, 0.25) is 0 Å². The largest absolute Gasteiger partial charge is 0.373 e. The van der Waals surface area contributed by atoms with E-state index >= 15 is 0 Å². The zero-order valence-corrected chi connectivity index (χ0v) is 12.2. The molecule has 0 radical (unpaired) electrons. The summed E-state index contributed by atoms with van der Waals surface area (Å²) in [5.74, 6) is -3.00. The molecule has 6 nitrogen and oxygen atoms in total. The van der Waals surface area contributed by atoms with Gasteiger partial charge in [0.1, 0.15) is 6.61 Å². The minimum atomic E-state index is -3.00. The van der Waals surface area contributed by atoms with Crippen molar-refractivity contribution in [2.75, 3.05) is 26.3 Å². The molecule has 0 bridgehead atoms. The second kappa shape index (κ2) is 6.38. The maximum Gasteiger partial charge on any atom is 0.317 e. The van der Waals surface area contributed by atoms with Gasteiger partial charge in [0.15, 0.2) is 0 Å². The standard InChI is InChI=1S/C13H20F2N4O2/c1-3-11-10(7-18(2)17-11)6-16-12(20)19-4-5-21-9-13(14,15)8-19/h7H,3-6,8-9H2,1-2H3,(H,16,20). The van der Waals surface area contributed by atoms with Gasteiger partial charge in [-0.15, -0.1) is 0 Å². The number of ether oxygens (including phenoxy) is 1. The van der Waals surface area contributed by atoms with E-state index in [2.05, 4.69) is 10.4 Å². The number of aryl methyl sites for hydroxylation is 2. The van der Waals surface area contributed by atoms with Crippen molar-refractivity contribution >= 4 is 6.03 Å². The van der Waals surface area contributed by atoms with Crippen LogP contribution in [-0.4, -0.2) is 52.9 Å². The van der Waals surface area contributed by atoms with Crippen LogP contribution < -0.4 is 5.32 Å². The fourth-order valence-corrected chi connectivity index (χ4v) is 2.29. The summed E-state index contributed by atoms with van der Waals surface area (Å²) in [5, 5.41) is 6.94. The molecule has 1 aromatic rings. The first-order valence-corrected chi connectivity index (χ1v) is 6.91. The van der Waals surface area contributed by atoms with Gasteiger partial charge < -0.3 is 15.0 Å². The molecular formula is C13H20F2N4O2. The number of carbonyl (C=O) groups is 1. The summed E-state index contributed by atoms with van der Waals surface area (Å²) in [4.78, 5) is 13.1. The van der Waals surface area contributed by atoms with Gasteiger partial charge in [-0.25, -0.2) is 13.6 Å². The van der Waals surface area contributed by atoms with Crippen molar-refractivity contribution in [1.82, 2.24) is 20.0 Å². The molecule has 1 aliphatic rings. The Balaban J connectivity index is 1.94. The first-order chi connectivity index (χ1) is 9.91. The van der Waals surface area contributed by atoms with Crippen molar-refractivity contribution in [1.29, 1.82) is 0 Å². The Bertz CT molecular complexity index is 504. The number of amides is 2. The van der Waals surface area contributed by atoms with Gasteiger partial charge in [-0.2, -0.15) is 5.10 Å². The highest BCUT2D eigenvalue weighted by Gasteiger charge is 2.36. The topological polar surface area (TPSA) is 59.4 Å². The second-order valence-corrected chi connectivity index (χ2v) is 5.12. The molecule has 0 saturated carbocycles. The molecular weight excluding hydrogens is 282 g/mol. The molecule has 0 aliphatic carbocycles. The molecule has 118 valence electrons. The van der Waals surface area contributed by atoms with Crippen molar-refractivity contribution in [3.63, 3.8) is 0 Å². The Hall–Kier alpha value is -1.70. The van der Waals surface area contributed by atoms with Gasteiger partial charge in [0, 0.05) is 31.9 Å².